The first-order chi connectivity index (χ1) is 8.30. The predicted octanol–water partition coefficient (Wildman–Crippen LogP) is 1.70. The second-order valence-corrected chi connectivity index (χ2v) is 5.85. The maximum atomic E-state index is 13.3. The highest BCUT2D eigenvalue weighted by Crippen LogP contribution is 2.20. The summed E-state index contributed by atoms with van der Waals surface area (Å²) in [6, 6.07) is 3.19. The number of hydrogen-bond acceptors (Lipinski definition) is 4. The fraction of sp³-hybridized carbons (Fsp3) is 0.455. The average Bonchev–Trinajstić information content (AvgIpc) is 2.21. The van der Waals surface area contributed by atoms with Crippen molar-refractivity contribution < 1.29 is 22.7 Å². The Morgan fingerprint density at radius 3 is 2.67 bits per heavy atom. The van der Waals surface area contributed by atoms with Crippen LogP contribution < -0.4 is 4.72 Å². The molecule has 7 heteroatoms. The van der Waals surface area contributed by atoms with Gasteiger partial charge in [-0.05, 0) is 26.0 Å². The molecule has 0 amide bonds. The number of hydrogen-bond donors (Lipinski definition) is 2. The van der Waals surface area contributed by atoms with Crippen LogP contribution in [0.5, 0.6) is 5.75 Å². The fourth-order valence-electron chi connectivity index (χ4n) is 1.20. The van der Waals surface area contributed by atoms with Crippen molar-refractivity contribution in [3.63, 3.8) is 0 Å². The Hall–Kier alpha value is -1.34. The molecule has 0 saturated heterocycles. The minimum Gasteiger partial charge on any atom is -0.508 e. The zero-order chi connectivity index (χ0) is 13.8. The quantitative estimate of drug-likeness (QED) is 0.776. The molecular formula is C11H16FNO4S. The molecule has 0 bridgehead atoms. The van der Waals surface area contributed by atoms with E-state index in [4.69, 9.17) is 9.84 Å². The minimum atomic E-state index is -3.66. The zero-order valence-electron chi connectivity index (χ0n) is 10.2. The summed E-state index contributed by atoms with van der Waals surface area (Å²) in [4.78, 5) is 0. The van der Waals surface area contributed by atoms with Crippen LogP contribution in [0.4, 0.5) is 10.1 Å². The summed E-state index contributed by atoms with van der Waals surface area (Å²) in [5, 5.41) is 9.00. The molecule has 0 radical (unpaired) electrons. The Balaban J connectivity index is 2.65. The third-order valence-electron chi connectivity index (χ3n) is 2.02. The largest absolute Gasteiger partial charge is 0.508 e. The van der Waals surface area contributed by atoms with Crippen molar-refractivity contribution in [1.82, 2.24) is 0 Å². The first-order valence-electron chi connectivity index (χ1n) is 5.41. The van der Waals surface area contributed by atoms with Gasteiger partial charge in [-0.1, -0.05) is 0 Å². The molecule has 2 N–H and O–H groups in total. The number of phenols is 1. The summed E-state index contributed by atoms with van der Waals surface area (Å²) < 4.78 is 43.7. The second kappa shape index (κ2) is 6.01. The molecule has 0 aromatic heterocycles. The van der Waals surface area contributed by atoms with Gasteiger partial charge in [0.1, 0.15) is 5.75 Å². The summed E-state index contributed by atoms with van der Waals surface area (Å²) in [6.07, 6.45) is -0.0643. The SMILES string of the molecule is CC(C)OCCS(=O)(=O)Nc1ccc(O)cc1F. The lowest BCUT2D eigenvalue weighted by Crippen LogP contribution is -2.22. The van der Waals surface area contributed by atoms with E-state index >= 15 is 0 Å². The molecule has 0 fully saturated rings. The first-order valence-corrected chi connectivity index (χ1v) is 7.06. The summed E-state index contributed by atoms with van der Waals surface area (Å²) in [5.41, 5.74) is -0.197. The molecule has 0 aliphatic heterocycles. The molecule has 1 aromatic carbocycles. The van der Waals surface area contributed by atoms with E-state index in [0.717, 1.165) is 12.1 Å². The summed E-state index contributed by atoms with van der Waals surface area (Å²) >= 11 is 0. The Morgan fingerprint density at radius 2 is 2.11 bits per heavy atom. The van der Waals surface area contributed by atoms with Crippen molar-refractivity contribution >= 4 is 15.7 Å². The van der Waals surface area contributed by atoms with Crippen LogP contribution in [0.2, 0.25) is 0 Å². The number of sulfonamides is 1. The molecule has 1 aromatic rings. The number of benzene rings is 1. The lowest BCUT2D eigenvalue weighted by Gasteiger charge is -2.10. The van der Waals surface area contributed by atoms with Crippen LogP contribution in [0, 0.1) is 5.82 Å². The maximum absolute atomic E-state index is 13.3. The van der Waals surface area contributed by atoms with Gasteiger partial charge < -0.3 is 9.84 Å². The molecule has 1 rings (SSSR count). The normalized spacial score (nSPS) is 11.8. The number of halogens is 1. The topological polar surface area (TPSA) is 75.6 Å². The van der Waals surface area contributed by atoms with Gasteiger partial charge in [-0.25, -0.2) is 12.8 Å². The summed E-state index contributed by atoms with van der Waals surface area (Å²) in [7, 11) is -3.66. The van der Waals surface area contributed by atoms with Gasteiger partial charge in [-0.15, -0.1) is 0 Å². The van der Waals surface area contributed by atoms with E-state index in [1.807, 2.05) is 0 Å². The van der Waals surface area contributed by atoms with E-state index in [9.17, 15) is 12.8 Å². The molecule has 0 atom stereocenters. The summed E-state index contributed by atoms with van der Waals surface area (Å²) in [6.45, 7) is 3.62. The Bertz CT molecular complexity index is 502. The molecular weight excluding hydrogens is 261 g/mol. The van der Waals surface area contributed by atoms with Gasteiger partial charge in [0.05, 0.1) is 24.2 Å². The average molecular weight is 277 g/mol. The first kappa shape index (κ1) is 14.7. The van der Waals surface area contributed by atoms with Gasteiger partial charge in [0.25, 0.3) is 0 Å². The number of rotatable bonds is 6. The number of nitrogens with one attached hydrogen (secondary N) is 1. The van der Waals surface area contributed by atoms with Crippen molar-refractivity contribution in [2.45, 2.75) is 20.0 Å². The lowest BCUT2D eigenvalue weighted by molar-refractivity contribution is 0.0913. The Labute approximate surface area is 106 Å². The molecule has 0 heterocycles. The molecule has 0 aliphatic carbocycles. The molecule has 5 nitrogen and oxygen atoms in total. The van der Waals surface area contributed by atoms with Gasteiger partial charge in [-0.2, -0.15) is 0 Å². The minimum absolute atomic E-state index is 0.0344. The predicted molar refractivity (Wildman–Crippen MR) is 66.6 cm³/mol. The highest BCUT2D eigenvalue weighted by atomic mass is 32.2. The lowest BCUT2D eigenvalue weighted by atomic mass is 10.3. The van der Waals surface area contributed by atoms with E-state index in [1.54, 1.807) is 13.8 Å². The van der Waals surface area contributed by atoms with Crippen LogP contribution in [0.1, 0.15) is 13.8 Å². The Morgan fingerprint density at radius 1 is 1.44 bits per heavy atom. The fourth-order valence-corrected chi connectivity index (χ4v) is 2.12. The zero-order valence-corrected chi connectivity index (χ0v) is 11.0. The van der Waals surface area contributed by atoms with Crippen LogP contribution in [0.3, 0.4) is 0 Å². The van der Waals surface area contributed by atoms with E-state index in [1.165, 1.54) is 6.07 Å². The summed E-state index contributed by atoms with van der Waals surface area (Å²) in [5.74, 6) is -1.35. The molecule has 18 heavy (non-hydrogen) atoms. The van der Waals surface area contributed by atoms with Crippen molar-refractivity contribution in [3.8, 4) is 5.75 Å². The molecule has 0 aliphatic rings. The van der Waals surface area contributed by atoms with Crippen LogP contribution >= 0.6 is 0 Å². The molecule has 0 unspecified atom stereocenters. The van der Waals surface area contributed by atoms with Gasteiger partial charge in [0.15, 0.2) is 5.82 Å². The van der Waals surface area contributed by atoms with Crippen LogP contribution in [-0.2, 0) is 14.8 Å². The third-order valence-corrected chi connectivity index (χ3v) is 3.26. The van der Waals surface area contributed by atoms with Crippen LogP contribution in [0.15, 0.2) is 18.2 Å². The standard InChI is InChI=1S/C11H16FNO4S/c1-8(2)17-5-6-18(15,16)13-11-4-3-9(14)7-10(11)12/h3-4,7-8,13-14H,5-6H2,1-2H3. The van der Waals surface area contributed by atoms with Gasteiger partial charge in [-0.3, -0.25) is 4.72 Å². The van der Waals surface area contributed by atoms with E-state index in [0.29, 0.717) is 0 Å². The monoisotopic (exact) mass is 277 g/mol. The smallest absolute Gasteiger partial charge is 0.235 e. The third kappa shape index (κ3) is 4.89. The van der Waals surface area contributed by atoms with Crippen molar-refractivity contribution in [3.05, 3.63) is 24.0 Å². The van der Waals surface area contributed by atoms with Gasteiger partial charge in [0, 0.05) is 6.07 Å². The number of phenolic OH excluding ortho intramolecular Hbond substituents is 1. The number of aromatic hydroxyl groups is 1. The van der Waals surface area contributed by atoms with Crippen molar-refractivity contribution in [2.75, 3.05) is 17.1 Å². The highest BCUT2D eigenvalue weighted by molar-refractivity contribution is 7.92. The van der Waals surface area contributed by atoms with Crippen LogP contribution in [-0.4, -0.2) is 32.0 Å². The molecule has 102 valence electrons. The van der Waals surface area contributed by atoms with E-state index in [2.05, 4.69) is 4.72 Å². The number of anilines is 1. The maximum Gasteiger partial charge on any atom is 0.235 e. The Kier molecular flexibility index (Phi) is 4.92. The second-order valence-electron chi connectivity index (χ2n) is 4.00. The molecule has 0 spiro atoms. The van der Waals surface area contributed by atoms with Gasteiger partial charge >= 0.3 is 0 Å². The highest BCUT2D eigenvalue weighted by Gasteiger charge is 2.13. The van der Waals surface area contributed by atoms with E-state index < -0.39 is 15.8 Å². The molecule has 0 saturated carbocycles. The number of ether oxygens (including phenoxy) is 1. The van der Waals surface area contributed by atoms with E-state index in [-0.39, 0.29) is 29.9 Å². The van der Waals surface area contributed by atoms with Crippen LogP contribution in [0.25, 0.3) is 0 Å². The van der Waals surface area contributed by atoms with Crippen molar-refractivity contribution in [2.24, 2.45) is 0 Å². The van der Waals surface area contributed by atoms with Gasteiger partial charge in [0.2, 0.25) is 10.0 Å². The van der Waals surface area contributed by atoms with Crippen molar-refractivity contribution in [1.29, 1.82) is 0 Å².